The Labute approximate surface area is 99.4 Å². The number of hydrogen-bond acceptors (Lipinski definition) is 1. The smallest absolute Gasteiger partial charge is 0.149 e. The summed E-state index contributed by atoms with van der Waals surface area (Å²) in [4.78, 5) is 4.04. The van der Waals surface area contributed by atoms with Gasteiger partial charge in [-0.1, -0.05) is 17.7 Å². The third-order valence-corrected chi connectivity index (χ3v) is 3.60. The van der Waals surface area contributed by atoms with E-state index in [0.717, 1.165) is 9.13 Å². The van der Waals surface area contributed by atoms with Gasteiger partial charge in [0.25, 0.3) is 0 Å². The molecule has 0 saturated carbocycles. The second-order valence-corrected chi connectivity index (χ2v) is 4.55. The summed E-state index contributed by atoms with van der Waals surface area (Å²) in [6.45, 7) is 1.89. The van der Waals surface area contributed by atoms with Crippen molar-refractivity contribution in [3.63, 3.8) is 0 Å². The van der Waals surface area contributed by atoms with E-state index < -0.39 is 0 Å². The van der Waals surface area contributed by atoms with Crippen LogP contribution >= 0.6 is 34.2 Å². The molecule has 0 bridgehead atoms. The van der Waals surface area contributed by atoms with Crippen molar-refractivity contribution < 1.29 is 4.39 Å². The molecular formula is C10H6ClFIN. The molecule has 1 nitrogen and oxygen atoms in total. The van der Waals surface area contributed by atoms with Crippen LogP contribution in [0.2, 0.25) is 5.02 Å². The van der Waals surface area contributed by atoms with E-state index in [1.807, 2.05) is 6.92 Å². The zero-order chi connectivity index (χ0) is 10.3. The number of nitrogens with zero attached hydrogens (tertiary/aromatic N) is 1. The van der Waals surface area contributed by atoms with Crippen molar-refractivity contribution in [3.8, 4) is 0 Å². The molecule has 0 radical (unpaired) electrons. The minimum atomic E-state index is -0.330. The Hall–Kier alpha value is -0.420. The number of rotatable bonds is 0. The van der Waals surface area contributed by atoms with Gasteiger partial charge in [0, 0.05) is 11.6 Å². The molecular weight excluding hydrogens is 315 g/mol. The Morgan fingerprint density at radius 1 is 1.43 bits per heavy atom. The third kappa shape index (κ3) is 1.48. The molecule has 0 aliphatic heterocycles. The molecule has 0 spiro atoms. The van der Waals surface area contributed by atoms with Gasteiger partial charge in [-0.15, -0.1) is 0 Å². The van der Waals surface area contributed by atoms with Gasteiger partial charge in [-0.25, -0.2) is 4.39 Å². The molecule has 0 saturated heterocycles. The molecule has 1 aromatic carbocycles. The number of pyridine rings is 1. The lowest BCUT2D eigenvalue weighted by atomic mass is 10.1. The van der Waals surface area contributed by atoms with Crippen LogP contribution in [0.25, 0.3) is 10.9 Å². The van der Waals surface area contributed by atoms with Crippen LogP contribution in [0.4, 0.5) is 4.39 Å². The van der Waals surface area contributed by atoms with Crippen LogP contribution in [0, 0.1) is 16.3 Å². The summed E-state index contributed by atoms with van der Waals surface area (Å²) in [5.41, 5.74) is 1.29. The summed E-state index contributed by atoms with van der Waals surface area (Å²) in [6.07, 6.45) is 1.58. The van der Waals surface area contributed by atoms with E-state index in [0.29, 0.717) is 15.9 Å². The Bertz CT molecular complexity index is 513. The molecule has 2 rings (SSSR count). The Morgan fingerprint density at radius 2 is 2.14 bits per heavy atom. The predicted molar refractivity (Wildman–Crippen MR) is 64.2 cm³/mol. The van der Waals surface area contributed by atoms with Crippen LogP contribution in [0.3, 0.4) is 0 Å². The van der Waals surface area contributed by atoms with E-state index >= 15 is 0 Å². The molecule has 72 valence electrons. The van der Waals surface area contributed by atoms with E-state index in [-0.39, 0.29) is 5.82 Å². The fourth-order valence-corrected chi connectivity index (χ4v) is 2.06. The van der Waals surface area contributed by atoms with Gasteiger partial charge in [-0.3, -0.25) is 4.98 Å². The third-order valence-electron chi connectivity index (χ3n) is 2.07. The number of fused-ring (bicyclic) bond motifs is 1. The fourth-order valence-electron chi connectivity index (χ4n) is 1.37. The number of benzene rings is 1. The summed E-state index contributed by atoms with van der Waals surface area (Å²) in [7, 11) is 0. The highest BCUT2D eigenvalue weighted by molar-refractivity contribution is 14.1. The standard InChI is InChI=1S/C10H6ClFIN/c1-5-2-3-6(12)10-8(5)9(11)7(13)4-14-10/h2-4H,1H3. The molecule has 1 heterocycles. The van der Waals surface area contributed by atoms with E-state index in [1.54, 1.807) is 12.3 Å². The van der Waals surface area contributed by atoms with Gasteiger partial charge in [0.05, 0.1) is 8.59 Å². The molecule has 1 aromatic heterocycles. The topological polar surface area (TPSA) is 12.9 Å². The van der Waals surface area contributed by atoms with Gasteiger partial charge in [-0.2, -0.15) is 0 Å². The molecule has 0 unspecified atom stereocenters. The second-order valence-electron chi connectivity index (χ2n) is 3.01. The van der Waals surface area contributed by atoms with Crippen molar-refractivity contribution in [1.82, 2.24) is 4.98 Å². The molecule has 0 atom stereocenters. The van der Waals surface area contributed by atoms with E-state index in [1.165, 1.54) is 6.07 Å². The van der Waals surface area contributed by atoms with Gasteiger partial charge in [0.1, 0.15) is 11.3 Å². The number of halogens is 3. The Kier molecular flexibility index (Phi) is 2.62. The average molecular weight is 322 g/mol. The normalized spacial score (nSPS) is 10.9. The van der Waals surface area contributed by atoms with Crippen LogP contribution in [0.1, 0.15) is 5.56 Å². The molecule has 2 aromatic rings. The first-order valence-electron chi connectivity index (χ1n) is 4.00. The van der Waals surface area contributed by atoms with Gasteiger partial charge in [0.15, 0.2) is 0 Å². The SMILES string of the molecule is Cc1ccc(F)c2ncc(I)c(Cl)c12. The summed E-state index contributed by atoms with van der Waals surface area (Å²) in [5.74, 6) is -0.330. The highest BCUT2D eigenvalue weighted by Gasteiger charge is 2.10. The lowest BCUT2D eigenvalue weighted by Crippen LogP contribution is -1.90. The number of aryl methyl sites for hydroxylation is 1. The summed E-state index contributed by atoms with van der Waals surface area (Å²) in [5, 5.41) is 1.28. The van der Waals surface area contributed by atoms with Crippen LogP contribution in [-0.2, 0) is 0 Å². The Balaban J connectivity index is 3.01. The zero-order valence-electron chi connectivity index (χ0n) is 7.31. The predicted octanol–water partition coefficient (Wildman–Crippen LogP) is 3.94. The second kappa shape index (κ2) is 3.62. The fraction of sp³-hybridized carbons (Fsp3) is 0.100. The molecule has 0 fully saturated rings. The first kappa shape index (κ1) is 10.1. The van der Waals surface area contributed by atoms with Crippen molar-refractivity contribution in [2.45, 2.75) is 6.92 Å². The zero-order valence-corrected chi connectivity index (χ0v) is 10.2. The Morgan fingerprint density at radius 3 is 2.86 bits per heavy atom. The number of hydrogen-bond donors (Lipinski definition) is 0. The van der Waals surface area contributed by atoms with Crippen molar-refractivity contribution in [1.29, 1.82) is 0 Å². The monoisotopic (exact) mass is 321 g/mol. The largest absolute Gasteiger partial charge is 0.252 e. The molecule has 0 amide bonds. The van der Waals surface area contributed by atoms with Crippen molar-refractivity contribution in [2.24, 2.45) is 0 Å². The van der Waals surface area contributed by atoms with Crippen molar-refractivity contribution >= 4 is 45.1 Å². The minimum absolute atomic E-state index is 0.330. The summed E-state index contributed by atoms with van der Waals surface area (Å²) >= 11 is 8.17. The highest BCUT2D eigenvalue weighted by Crippen LogP contribution is 2.30. The average Bonchev–Trinajstić information content (AvgIpc) is 2.16. The van der Waals surface area contributed by atoms with Crippen LogP contribution in [-0.4, -0.2) is 4.98 Å². The van der Waals surface area contributed by atoms with Gasteiger partial charge in [-0.05, 0) is 41.1 Å². The van der Waals surface area contributed by atoms with Gasteiger partial charge in [0.2, 0.25) is 0 Å². The molecule has 0 N–H and O–H groups in total. The maximum atomic E-state index is 13.4. The quantitative estimate of drug-likeness (QED) is 0.670. The summed E-state index contributed by atoms with van der Waals surface area (Å²) < 4.78 is 14.2. The van der Waals surface area contributed by atoms with Gasteiger partial charge >= 0.3 is 0 Å². The maximum Gasteiger partial charge on any atom is 0.149 e. The minimum Gasteiger partial charge on any atom is -0.252 e. The van der Waals surface area contributed by atoms with E-state index in [2.05, 4.69) is 27.6 Å². The summed E-state index contributed by atoms with van der Waals surface area (Å²) in [6, 6.07) is 3.12. The molecule has 14 heavy (non-hydrogen) atoms. The lowest BCUT2D eigenvalue weighted by molar-refractivity contribution is 0.636. The molecule has 0 aliphatic carbocycles. The van der Waals surface area contributed by atoms with E-state index in [4.69, 9.17) is 11.6 Å². The molecule has 4 heteroatoms. The van der Waals surface area contributed by atoms with Crippen molar-refractivity contribution in [3.05, 3.63) is 38.3 Å². The highest BCUT2D eigenvalue weighted by atomic mass is 127. The molecule has 0 aliphatic rings. The maximum absolute atomic E-state index is 13.4. The lowest BCUT2D eigenvalue weighted by Gasteiger charge is -2.05. The van der Waals surface area contributed by atoms with Crippen LogP contribution < -0.4 is 0 Å². The first-order valence-corrected chi connectivity index (χ1v) is 5.45. The van der Waals surface area contributed by atoms with Crippen LogP contribution in [0.5, 0.6) is 0 Å². The number of aromatic nitrogens is 1. The first-order chi connectivity index (χ1) is 6.61. The van der Waals surface area contributed by atoms with Crippen molar-refractivity contribution in [2.75, 3.05) is 0 Å². The van der Waals surface area contributed by atoms with Crippen LogP contribution in [0.15, 0.2) is 18.3 Å². The van der Waals surface area contributed by atoms with E-state index in [9.17, 15) is 4.39 Å². The van der Waals surface area contributed by atoms with Gasteiger partial charge < -0.3 is 0 Å².